The molecule has 0 saturated carbocycles. The standard InChI is InChI=1S/C23H22Cl2N2O6S2/c1-4-32-17(29)9-14(28)11-34-23-26-20-18(12(3)19(35-20)22(31)33-5-2)21(30)27(23)10-13-6-7-15(24)16(25)8-13/h6-8H,4-5,9-11H2,1-3H3. The molecule has 0 spiro atoms. The normalized spacial score (nSPS) is 11.0. The van der Waals surface area contributed by atoms with E-state index >= 15 is 0 Å². The van der Waals surface area contributed by atoms with Gasteiger partial charge in [-0.05, 0) is 44.0 Å². The summed E-state index contributed by atoms with van der Waals surface area (Å²) >= 11 is 14.3. The van der Waals surface area contributed by atoms with Gasteiger partial charge >= 0.3 is 11.9 Å². The van der Waals surface area contributed by atoms with Gasteiger partial charge < -0.3 is 9.47 Å². The molecular weight excluding hydrogens is 535 g/mol. The summed E-state index contributed by atoms with van der Waals surface area (Å²) < 4.78 is 11.3. The highest BCUT2D eigenvalue weighted by atomic mass is 35.5. The van der Waals surface area contributed by atoms with Crippen molar-refractivity contribution in [3.05, 3.63) is 54.6 Å². The number of aryl methyl sites for hydroxylation is 1. The maximum absolute atomic E-state index is 13.6. The maximum atomic E-state index is 13.6. The number of Topliss-reactive ketones (excluding diaryl/α,β-unsaturated/α-hetero) is 1. The summed E-state index contributed by atoms with van der Waals surface area (Å²) in [6.45, 7) is 5.52. The highest BCUT2D eigenvalue weighted by molar-refractivity contribution is 7.99. The lowest BCUT2D eigenvalue weighted by atomic mass is 10.2. The molecule has 3 rings (SSSR count). The lowest BCUT2D eigenvalue weighted by Gasteiger charge is -2.13. The Morgan fingerprint density at radius 1 is 1.11 bits per heavy atom. The van der Waals surface area contributed by atoms with Gasteiger partial charge in [0.15, 0.2) is 10.9 Å². The van der Waals surface area contributed by atoms with Crippen molar-refractivity contribution >= 4 is 74.2 Å². The highest BCUT2D eigenvalue weighted by Gasteiger charge is 2.23. The molecule has 0 unspecified atom stereocenters. The van der Waals surface area contributed by atoms with Crippen LogP contribution in [0.15, 0.2) is 28.2 Å². The number of halogens is 2. The highest BCUT2D eigenvalue weighted by Crippen LogP contribution is 2.30. The fourth-order valence-corrected chi connectivity index (χ4v) is 5.52. The third-order valence-electron chi connectivity index (χ3n) is 4.81. The van der Waals surface area contributed by atoms with E-state index < -0.39 is 11.9 Å². The number of carbonyl (C=O) groups excluding carboxylic acids is 3. The number of hydrogen-bond acceptors (Lipinski definition) is 9. The Balaban J connectivity index is 2.04. The summed E-state index contributed by atoms with van der Waals surface area (Å²) in [5.74, 6) is -1.59. The van der Waals surface area contributed by atoms with Gasteiger partial charge in [-0.25, -0.2) is 9.78 Å². The minimum absolute atomic E-state index is 0.0901. The summed E-state index contributed by atoms with van der Waals surface area (Å²) in [7, 11) is 0. The predicted molar refractivity (Wildman–Crippen MR) is 137 cm³/mol. The molecule has 3 aromatic rings. The first-order valence-electron chi connectivity index (χ1n) is 10.6. The Labute approximate surface area is 219 Å². The molecule has 0 bridgehead atoms. The largest absolute Gasteiger partial charge is 0.466 e. The van der Waals surface area contributed by atoms with Crippen molar-refractivity contribution in [2.45, 2.75) is 38.9 Å². The number of ether oxygens (including phenoxy) is 2. The zero-order valence-electron chi connectivity index (χ0n) is 19.2. The summed E-state index contributed by atoms with van der Waals surface area (Å²) in [6.07, 6.45) is -0.370. The predicted octanol–water partition coefficient (Wildman–Crippen LogP) is 4.91. The monoisotopic (exact) mass is 556 g/mol. The molecule has 2 heterocycles. The van der Waals surface area contributed by atoms with Crippen LogP contribution in [0.1, 0.15) is 41.1 Å². The van der Waals surface area contributed by atoms with E-state index in [-0.39, 0.29) is 48.4 Å². The van der Waals surface area contributed by atoms with Crippen LogP contribution in [0.25, 0.3) is 10.2 Å². The first-order chi connectivity index (χ1) is 16.7. The van der Waals surface area contributed by atoms with E-state index in [1.54, 1.807) is 39.0 Å². The Kier molecular flexibility index (Phi) is 9.34. The molecule has 8 nitrogen and oxygen atoms in total. The van der Waals surface area contributed by atoms with Crippen molar-refractivity contribution in [2.75, 3.05) is 19.0 Å². The second kappa shape index (κ2) is 12.0. The van der Waals surface area contributed by atoms with Gasteiger partial charge in [0.05, 0.1) is 40.9 Å². The smallest absolute Gasteiger partial charge is 0.348 e. The van der Waals surface area contributed by atoms with Gasteiger partial charge in [0.1, 0.15) is 16.1 Å². The number of nitrogens with zero attached hydrogens (tertiary/aromatic N) is 2. The number of thioether (sulfide) groups is 1. The Hall–Kier alpha value is -2.40. The zero-order chi connectivity index (χ0) is 25.7. The van der Waals surface area contributed by atoms with Crippen molar-refractivity contribution in [3.8, 4) is 0 Å². The number of fused-ring (bicyclic) bond motifs is 1. The molecule has 1 aromatic carbocycles. The number of benzene rings is 1. The second-order valence-corrected chi connectivity index (χ2v) is 10.1. The number of hydrogen-bond donors (Lipinski definition) is 0. The van der Waals surface area contributed by atoms with E-state index in [0.717, 1.165) is 23.1 Å². The van der Waals surface area contributed by atoms with Crippen molar-refractivity contribution in [2.24, 2.45) is 0 Å². The summed E-state index contributed by atoms with van der Waals surface area (Å²) in [5, 5.41) is 1.28. The topological polar surface area (TPSA) is 105 Å². The molecule has 0 N–H and O–H groups in total. The van der Waals surface area contributed by atoms with Gasteiger partial charge in [0.2, 0.25) is 0 Å². The van der Waals surface area contributed by atoms with Crippen LogP contribution in [0.4, 0.5) is 0 Å². The first kappa shape index (κ1) is 27.2. The molecule has 0 aliphatic rings. The van der Waals surface area contributed by atoms with E-state index in [1.165, 1.54) is 4.57 Å². The number of rotatable bonds is 10. The van der Waals surface area contributed by atoms with Gasteiger partial charge in [0, 0.05) is 0 Å². The molecule has 0 atom stereocenters. The number of carbonyl (C=O) groups is 3. The van der Waals surface area contributed by atoms with Crippen LogP contribution in [-0.4, -0.2) is 46.2 Å². The second-order valence-electron chi connectivity index (χ2n) is 7.30. The van der Waals surface area contributed by atoms with Crippen molar-refractivity contribution in [1.29, 1.82) is 0 Å². The lowest BCUT2D eigenvalue weighted by molar-refractivity contribution is -0.145. The van der Waals surface area contributed by atoms with E-state index in [4.69, 9.17) is 32.7 Å². The van der Waals surface area contributed by atoms with Crippen molar-refractivity contribution in [1.82, 2.24) is 9.55 Å². The molecule has 186 valence electrons. The van der Waals surface area contributed by atoms with Crippen LogP contribution >= 0.6 is 46.3 Å². The van der Waals surface area contributed by atoms with Crippen molar-refractivity contribution in [3.63, 3.8) is 0 Å². The minimum atomic E-state index is -0.609. The fraction of sp³-hybridized carbons (Fsp3) is 0.348. The summed E-state index contributed by atoms with van der Waals surface area (Å²) in [6, 6.07) is 5.00. The molecule has 35 heavy (non-hydrogen) atoms. The van der Waals surface area contributed by atoms with Crippen LogP contribution in [-0.2, 0) is 25.6 Å². The number of thiophene rings is 1. The SMILES string of the molecule is CCOC(=O)CC(=O)CSc1nc2sc(C(=O)OCC)c(C)c2c(=O)n1Cc1ccc(Cl)c(Cl)c1. The van der Waals surface area contributed by atoms with Crippen molar-refractivity contribution < 1.29 is 23.9 Å². The Bertz CT molecular complexity index is 1350. The molecule has 0 amide bonds. The Morgan fingerprint density at radius 3 is 2.49 bits per heavy atom. The molecule has 0 aliphatic heterocycles. The number of esters is 2. The molecular formula is C23H22Cl2N2O6S2. The van der Waals surface area contributed by atoms with Gasteiger partial charge in [-0.3, -0.25) is 19.0 Å². The average Bonchev–Trinajstić information content (AvgIpc) is 3.13. The van der Waals surface area contributed by atoms with Gasteiger partial charge in [-0.15, -0.1) is 11.3 Å². The Morgan fingerprint density at radius 2 is 1.83 bits per heavy atom. The van der Waals surface area contributed by atoms with E-state index in [2.05, 4.69) is 4.98 Å². The fourth-order valence-electron chi connectivity index (χ4n) is 3.23. The first-order valence-corrected chi connectivity index (χ1v) is 13.2. The maximum Gasteiger partial charge on any atom is 0.348 e. The van der Waals surface area contributed by atoms with Crippen LogP contribution in [0.3, 0.4) is 0 Å². The van der Waals surface area contributed by atoms with Crippen LogP contribution in [0, 0.1) is 6.92 Å². The third-order valence-corrected chi connectivity index (χ3v) is 7.75. The molecule has 0 saturated heterocycles. The molecule has 0 fully saturated rings. The average molecular weight is 557 g/mol. The van der Waals surface area contributed by atoms with Gasteiger partial charge in [0.25, 0.3) is 5.56 Å². The summed E-state index contributed by atoms with van der Waals surface area (Å²) in [4.78, 5) is 55.1. The molecule has 0 aliphatic carbocycles. The van der Waals surface area contributed by atoms with E-state index in [0.29, 0.717) is 36.3 Å². The van der Waals surface area contributed by atoms with E-state index in [1.807, 2.05) is 0 Å². The van der Waals surface area contributed by atoms with Gasteiger partial charge in [-0.1, -0.05) is 41.0 Å². The lowest BCUT2D eigenvalue weighted by Crippen LogP contribution is -2.24. The van der Waals surface area contributed by atoms with E-state index in [9.17, 15) is 19.2 Å². The molecule has 0 radical (unpaired) electrons. The quantitative estimate of drug-likeness (QED) is 0.150. The summed E-state index contributed by atoms with van der Waals surface area (Å²) in [5.41, 5.74) is 0.810. The third kappa shape index (κ3) is 6.43. The number of aromatic nitrogens is 2. The van der Waals surface area contributed by atoms with Gasteiger partial charge in [-0.2, -0.15) is 0 Å². The molecule has 2 aromatic heterocycles. The van der Waals surface area contributed by atoms with Crippen LogP contribution in [0.2, 0.25) is 10.0 Å². The van der Waals surface area contributed by atoms with Crippen LogP contribution in [0.5, 0.6) is 0 Å². The number of ketones is 1. The minimum Gasteiger partial charge on any atom is -0.466 e. The molecule has 12 heteroatoms. The van der Waals surface area contributed by atoms with Crippen LogP contribution < -0.4 is 5.56 Å². The zero-order valence-corrected chi connectivity index (χ0v) is 22.3.